The first-order chi connectivity index (χ1) is 6.93. The Bertz CT molecular complexity index is 273. The summed E-state index contributed by atoms with van der Waals surface area (Å²) in [5, 5.41) is 0. The third-order valence-corrected chi connectivity index (χ3v) is 1.96. The molecule has 1 aromatic rings. The van der Waals surface area contributed by atoms with Gasteiger partial charge in [0.05, 0.1) is 0 Å². The van der Waals surface area contributed by atoms with Crippen LogP contribution in [0.5, 0.6) is 0 Å². The molecule has 0 atom stereocenters. The van der Waals surface area contributed by atoms with Gasteiger partial charge in [-0.05, 0) is 0 Å². The summed E-state index contributed by atoms with van der Waals surface area (Å²) in [4.78, 5) is 0. The van der Waals surface area contributed by atoms with E-state index in [1.807, 2.05) is 30.4 Å². The van der Waals surface area contributed by atoms with Gasteiger partial charge in [0.2, 0.25) is 0 Å². The van der Waals surface area contributed by atoms with E-state index < -0.39 is 0 Å². The molecule has 0 radical (unpaired) electrons. The van der Waals surface area contributed by atoms with Crippen LogP contribution in [0.15, 0.2) is 42.5 Å². The Hall–Kier alpha value is -0.677. The first kappa shape index (κ1) is 14.3. The van der Waals surface area contributed by atoms with Gasteiger partial charge in [-0.2, -0.15) is 42.0 Å². The normalized spacial score (nSPS) is 12.3. The maximum Gasteiger partial charge on any atom is 2.00 e. The van der Waals surface area contributed by atoms with E-state index >= 15 is 0 Å². The Morgan fingerprint density at radius 3 is 2.47 bits per heavy atom. The average Bonchev–Trinajstić information content (AvgIpc) is 2.33. The van der Waals surface area contributed by atoms with Crippen molar-refractivity contribution in [2.75, 3.05) is 0 Å². The van der Waals surface area contributed by atoms with Crippen molar-refractivity contribution < 1.29 is 19.5 Å². The second-order valence-electron chi connectivity index (χ2n) is 3.08. The van der Waals surface area contributed by atoms with Gasteiger partial charge >= 0.3 is 19.5 Å². The Kier molecular flexibility index (Phi) is 9.42. The van der Waals surface area contributed by atoms with Crippen molar-refractivity contribution in [1.29, 1.82) is 0 Å². The summed E-state index contributed by atoms with van der Waals surface area (Å²) >= 11 is 0. The molecule has 0 aromatic heterocycles. The van der Waals surface area contributed by atoms with E-state index in [-0.39, 0.29) is 19.5 Å². The summed E-state index contributed by atoms with van der Waals surface area (Å²) in [5.41, 5.74) is 1.28. The number of hydrogen-bond donors (Lipinski definition) is 0. The molecule has 0 spiro atoms. The molecule has 0 aliphatic heterocycles. The van der Waals surface area contributed by atoms with Crippen molar-refractivity contribution >= 4 is 0 Å². The molecular formula is C14H16Ru. The van der Waals surface area contributed by atoms with Gasteiger partial charge in [-0.25, -0.2) is 12.2 Å². The summed E-state index contributed by atoms with van der Waals surface area (Å²) in [7, 11) is 0. The summed E-state index contributed by atoms with van der Waals surface area (Å²) in [6.07, 6.45) is 12.6. The summed E-state index contributed by atoms with van der Waals surface area (Å²) in [6.45, 7) is 2.13. The second-order valence-corrected chi connectivity index (χ2v) is 3.08. The molecule has 2 rings (SSSR count). The smallest absolute Gasteiger partial charge is 0.275 e. The molecule has 0 nitrogen and oxygen atoms in total. The van der Waals surface area contributed by atoms with Crippen LogP contribution in [0.2, 0.25) is 0 Å². The Morgan fingerprint density at radius 1 is 1.33 bits per heavy atom. The van der Waals surface area contributed by atoms with E-state index in [2.05, 4.69) is 31.2 Å². The number of rotatable bonds is 1. The zero-order chi connectivity index (χ0) is 10.1. The van der Waals surface area contributed by atoms with Gasteiger partial charge in [0.15, 0.2) is 0 Å². The molecule has 0 heterocycles. The molecule has 0 saturated carbocycles. The van der Waals surface area contributed by atoms with Crippen LogP contribution in [0, 0.1) is 12.1 Å². The monoisotopic (exact) mass is 286 g/mol. The topological polar surface area (TPSA) is 0 Å². The molecule has 80 valence electrons. The number of allylic oxidation sites excluding steroid dienone is 4. The maximum atomic E-state index is 3.12. The van der Waals surface area contributed by atoms with Gasteiger partial charge in [-0.3, -0.25) is 6.08 Å². The summed E-state index contributed by atoms with van der Waals surface area (Å²) < 4.78 is 0. The van der Waals surface area contributed by atoms with Gasteiger partial charge in [-0.15, -0.1) is 6.42 Å². The summed E-state index contributed by atoms with van der Waals surface area (Å²) in [5.74, 6) is 0. The Balaban J connectivity index is 0.000000253. The fraction of sp³-hybridized carbons (Fsp3) is 0.286. The van der Waals surface area contributed by atoms with Gasteiger partial charge in [0, 0.05) is 0 Å². The molecule has 0 unspecified atom stereocenters. The number of benzene rings is 1. The van der Waals surface area contributed by atoms with Gasteiger partial charge < -0.3 is 0 Å². The fourth-order valence-corrected chi connectivity index (χ4v) is 1.13. The minimum Gasteiger partial charge on any atom is -0.275 e. The molecule has 0 saturated heterocycles. The molecular weight excluding hydrogens is 269 g/mol. The Labute approximate surface area is 106 Å². The average molecular weight is 285 g/mol. The van der Waals surface area contributed by atoms with E-state index in [0.29, 0.717) is 0 Å². The van der Waals surface area contributed by atoms with Gasteiger partial charge in [0.1, 0.15) is 0 Å². The third kappa shape index (κ3) is 7.28. The predicted molar refractivity (Wildman–Crippen MR) is 60.8 cm³/mol. The van der Waals surface area contributed by atoms with Crippen LogP contribution >= 0.6 is 0 Å². The van der Waals surface area contributed by atoms with Crippen LogP contribution in [-0.4, -0.2) is 0 Å². The standard InChI is InChI=1S/C8H9.C6H7.Ru/c1-2-8-6-4-3-5-7-8;1-2-4-6-5-3-1;/h3-6H,2H2,1H3;1-3H,4,6H2;/q2*-1;+2. The van der Waals surface area contributed by atoms with Crippen molar-refractivity contribution in [2.24, 2.45) is 0 Å². The number of aryl methyl sites for hydroxylation is 1. The predicted octanol–water partition coefficient (Wildman–Crippen LogP) is 3.74. The quantitative estimate of drug-likeness (QED) is 0.544. The third-order valence-electron chi connectivity index (χ3n) is 1.96. The van der Waals surface area contributed by atoms with Gasteiger partial charge in [0.25, 0.3) is 0 Å². The number of hydrogen-bond acceptors (Lipinski definition) is 0. The molecule has 15 heavy (non-hydrogen) atoms. The molecule has 0 bridgehead atoms. The SMILES string of the molecule is CCc1[c-]cccc1.[C-]1=CC=CCC1.[Ru+2]. The molecule has 1 aliphatic carbocycles. The molecule has 1 aliphatic rings. The van der Waals surface area contributed by atoms with Crippen molar-refractivity contribution in [2.45, 2.75) is 26.2 Å². The molecule has 1 aromatic carbocycles. The van der Waals surface area contributed by atoms with E-state index in [0.717, 1.165) is 12.8 Å². The van der Waals surface area contributed by atoms with Crippen molar-refractivity contribution in [3.63, 3.8) is 0 Å². The van der Waals surface area contributed by atoms with Crippen LogP contribution in [0.4, 0.5) is 0 Å². The van der Waals surface area contributed by atoms with Crippen LogP contribution in [-0.2, 0) is 25.9 Å². The minimum absolute atomic E-state index is 0. The van der Waals surface area contributed by atoms with E-state index in [9.17, 15) is 0 Å². The molecule has 0 fully saturated rings. The van der Waals surface area contributed by atoms with E-state index in [1.54, 1.807) is 0 Å². The van der Waals surface area contributed by atoms with Crippen LogP contribution in [0.1, 0.15) is 25.3 Å². The van der Waals surface area contributed by atoms with Crippen LogP contribution in [0.25, 0.3) is 0 Å². The van der Waals surface area contributed by atoms with Crippen LogP contribution < -0.4 is 0 Å². The Morgan fingerprint density at radius 2 is 2.20 bits per heavy atom. The first-order valence-corrected chi connectivity index (χ1v) is 5.11. The first-order valence-electron chi connectivity index (χ1n) is 5.11. The zero-order valence-electron chi connectivity index (χ0n) is 9.02. The molecule has 1 heteroatoms. The minimum atomic E-state index is 0. The van der Waals surface area contributed by atoms with Crippen molar-refractivity contribution in [3.8, 4) is 0 Å². The van der Waals surface area contributed by atoms with Gasteiger partial charge in [-0.1, -0.05) is 19.8 Å². The van der Waals surface area contributed by atoms with E-state index in [4.69, 9.17) is 0 Å². The molecule has 0 amide bonds. The van der Waals surface area contributed by atoms with Crippen LogP contribution in [0.3, 0.4) is 0 Å². The largest absolute Gasteiger partial charge is 2.00 e. The van der Waals surface area contributed by atoms with Crippen molar-refractivity contribution in [1.82, 2.24) is 0 Å². The second kappa shape index (κ2) is 9.86. The van der Waals surface area contributed by atoms with Crippen molar-refractivity contribution in [3.05, 3.63) is 60.2 Å². The molecule has 0 N–H and O–H groups in total. The fourth-order valence-electron chi connectivity index (χ4n) is 1.13. The summed E-state index contributed by atoms with van der Waals surface area (Å²) in [6, 6.07) is 11.2. The maximum absolute atomic E-state index is 3.12. The van der Waals surface area contributed by atoms with E-state index in [1.165, 1.54) is 12.0 Å². The zero-order valence-corrected chi connectivity index (χ0v) is 10.8.